The van der Waals surface area contributed by atoms with E-state index < -0.39 is 5.97 Å². The van der Waals surface area contributed by atoms with Crippen molar-refractivity contribution < 1.29 is 9.90 Å². The van der Waals surface area contributed by atoms with Gasteiger partial charge >= 0.3 is 5.97 Å². The molecular formula is C13H21NO2S. The van der Waals surface area contributed by atoms with Crippen LogP contribution in [0.3, 0.4) is 0 Å². The molecule has 1 heterocycles. The second-order valence-electron chi connectivity index (χ2n) is 4.22. The molecule has 0 saturated heterocycles. The van der Waals surface area contributed by atoms with Crippen molar-refractivity contribution in [1.82, 2.24) is 4.90 Å². The van der Waals surface area contributed by atoms with Gasteiger partial charge in [0.05, 0.1) is 0 Å². The fourth-order valence-corrected chi connectivity index (χ4v) is 2.63. The first kappa shape index (κ1) is 14.2. The SMILES string of the molecule is CCCCN(CC)Cc1cc(C(=O)O)sc1C. The molecule has 17 heavy (non-hydrogen) atoms. The van der Waals surface area contributed by atoms with Gasteiger partial charge in [-0.1, -0.05) is 20.3 Å². The summed E-state index contributed by atoms with van der Waals surface area (Å²) in [4.78, 5) is 14.8. The van der Waals surface area contributed by atoms with Gasteiger partial charge in [-0.2, -0.15) is 0 Å². The molecule has 0 radical (unpaired) electrons. The second kappa shape index (κ2) is 6.77. The fraction of sp³-hybridized carbons (Fsp3) is 0.615. The van der Waals surface area contributed by atoms with Crippen molar-refractivity contribution in [3.63, 3.8) is 0 Å². The molecule has 0 bridgehead atoms. The summed E-state index contributed by atoms with van der Waals surface area (Å²) in [6, 6.07) is 1.82. The lowest BCUT2D eigenvalue weighted by atomic mass is 10.2. The lowest BCUT2D eigenvalue weighted by molar-refractivity contribution is 0.0702. The minimum absolute atomic E-state index is 0.448. The van der Waals surface area contributed by atoms with Crippen LogP contribution in [0.2, 0.25) is 0 Å². The molecule has 0 unspecified atom stereocenters. The third-order valence-electron chi connectivity index (χ3n) is 2.90. The zero-order chi connectivity index (χ0) is 12.8. The smallest absolute Gasteiger partial charge is 0.345 e. The van der Waals surface area contributed by atoms with Gasteiger partial charge in [0.1, 0.15) is 4.88 Å². The Bertz CT molecular complexity index is 373. The number of aryl methyl sites for hydroxylation is 1. The minimum Gasteiger partial charge on any atom is -0.477 e. The predicted molar refractivity (Wildman–Crippen MR) is 71.9 cm³/mol. The van der Waals surface area contributed by atoms with Crippen LogP contribution in [0.5, 0.6) is 0 Å². The number of aromatic carboxylic acids is 1. The molecule has 1 rings (SSSR count). The maximum Gasteiger partial charge on any atom is 0.345 e. The van der Waals surface area contributed by atoms with Crippen molar-refractivity contribution in [2.75, 3.05) is 13.1 Å². The summed E-state index contributed by atoms with van der Waals surface area (Å²) in [7, 11) is 0. The second-order valence-corrected chi connectivity index (χ2v) is 5.48. The molecular weight excluding hydrogens is 234 g/mol. The molecule has 0 fully saturated rings. The van der Waals surface area contributed by atoms with Crippen LogP contribution in [0.15, 0.2) is 6.07 Å². The van der Waals surface area contributed by atoms with E-state index in [0.717, 1.165) is 30.1 Å². The van der Waals surface area contributed by atoms with Crippen molar-refractivity contribution in [2.24, 2.45) is 0 Å². The normalized spacial score (nSPS) is 11.1. The standard InChI is InChI=1S/C13H21NO2S/c1-4-6-7-14(5-2)9-11-8-12(13(15)16)17-10(11)3/h8H,4-7,9H2,1-3H3,(H,15,16). The average Bonchev–Trinajstić information content (AvgIpc) is 2.66. The zero-order valence-corrected chi connectivity index (χ0v) is 11.6. The highest BCUT2D eigenvalue weighted by Gasteiger charge is 2.13. The van der Waals surface area contributed by atoms with Gasteiger partial charge in [0.2, 0.25) is 0 Å². The number of rotatable bonds is 7. The zero-order valence-electron chi connectivity index (χ0n) is 10.8. The quantitative estimate of drug-likeness (QED) is 0.812. The number of carbonyl (C=O) groups is 1. The monoisotopic (exact) mass is 255 g/mol. The van der Waals surface area contributed by atoms with Crippen LogP contribution >= 0.6 is 11.3 Å². The summed E-state index contributed by atoms with van der Waals surface area (Å²) >= 11 is 1.37. The summed E-state index contributed by atoms with van der Waals surface area (Å²) in [5.41, 5.74) is 1.16. The van der Waals surface area contributed by atoms with Crippen LogP contribution in [0.4, 0.5) is 0 Å². The summed E-state index contributed by atoms with van der Waals surface area (Å²) in [5.74, 6) is -0.819. The lowest BCUT2D eigenvalue weighted by Gasteiger charge is -2.19. The van der Waals surface area contributed by atoms with Crippen LogP contribution in [0, 0.1) is 6.92 Å². The lowest BCUT2D eigenvalue weighted by Crippen LogP contribution is -2.24. The molecule has 0 aliphatic heterocycles. The van der Waals surface area contributed by atoms with Gasteiger partial charge in [0.25, 0.3) is 0 Å². The van der Waals surface area contributed by atoms with Gasteiger partial charge in [-0.15, -0.1) is 11.3 Å². The first-order valence-electron chi connectivity index (χ1n) is 6.13. The maximum absolute atomic E-state index is 10.9. The molecule has 1 aromatic rings. The van der Waals surface area contributed by atoms with E-state index in [9.17, 15) is 4.79 Å². The number of nitrogens with zero attached hydrogens (tertiary/aromatic N) is 1. The largest absolute Gasteiger partial charge is 0.477 e. The molecule has 0 aliphatic rings. The molecule has 0 atom stereocenters. The Morgan fingerprint density at radius 2 is 2.18 bits per heavy atom. The van der Waals surface area contributed by atoms with E-state index in [2.05, 4.69) is 18.7 Å². The topological polar surface area (TPSA) is 40.5 Å². The van der Waals surface area contributed by atoms with Crippen LogP contribution in [-0.2, 0) is 6.54 Å². The number of thiophene rings is 1. The molecule has 0 amide bonds. The Balaban J connectivity index is 2.68. The van der Waals surface area contributed by atoms with Crippen LogP contribution in [0.1, 0.15) is 46.8 Å². The van der Waals surface area contributed by atoms with E-state index in [4.69, 9.17) is 5.11 Å². The van der Waals surface area contributed by atoms with Crippen LogP contribution < -0.4 is 0 Å². The van der Waals surface area contributed by atoms with Crippen molar-refractivity contribution >= 4 is 17.3 Å². The number of hydrogen-bond donors (Lipinski definition) is 1. The summed E-state index contributed by atoms with van der Waals surface area (Å²) < 4.78 is 0. The van der Waals surface area contributed by atoms with E-state index >= 15 is 0 Å². The number of hydrogen-bond acceptors (Lipinski definition) is 3. The summed E-state index contributed by atoms with van der Waals surface area (Å²) in [5, 5.41) is 8.95. The molecule has 96 valence electrons. The van der Waals surface area contributed by atoms with Gasteiger partial charge in [0, 0.05) is 11.4 Å². The fourth-order valence-electron chi connectivity index (χ4n) is 1.75. The van der Waals surface area contributed by atoms with E-state index in [0.29, 0.717) is 4.88 Å². The van der Waals surface area contributed by atoms with E-state index in [1.54, 1.807) is 0 Å². The molecule has 0 saturated carbocycles. The first-order valence-corrected chi connectivity index (χ1v) is 6.95. The molecule has 4 heteroatoms. The molecule has 3 nitrogen and oxygen atoms in total. The maximum atomic E-state index is 10.9. The Hall–Kier alpha value is -0.870. The average molecular weight is 255 g/mol. The molecule has 1 N–H and O–H groups in total. The molecule has 0 aromatic carbocycles. The Kier molecular flexibility index (Phi) is 5.65. The van der Waals surface area contributed by atoms with Gasteiger partial charge in [-0.05, 0) is 38.1 Å². The van der Waals surface area contributed by atoms with Gasteiger partial charge in [-0.25, -0.2) is 4.79 Å². The molecule has 1 aromatic heterocycles. The van der Waals surface area contributed by atoms with Crippen molar-refractivity contribution in [3.05, 3.63) is 21.4 Å². The van der Waals surface area contributed by atoms with Gasteiger partial charge in [0.15, 0.2) is 0 Å². The van der Waals surface area contributed by atoms with Crippen LogP contribution in [-0.4, -0.2) is 29.1 Å². The van der Waals surface area contributed by atoms with Gasteiger partial charge < -0.3 is 5.11 Å². The highest BCUT2D eigenvalue weighted by Crippen LogP contribution is 2.23. The summed E-state index contributed by atoms with van der Waals surface area (Å²) in [6.45, 7) is 9.30. The third-order valence-corrected chi connectivity index (χ3v) is 3.98. The number of carboxylic acid groups (broad SMARTS) is 1. The molecule has 0 aliphatic carbocycles. The van der Waals surface area contributed by atoms with Gasteiger partial charge in [-0.3, -0.25) is 4.90 Å². The van der Waals surface area contributed by atoms with Crippen LogP contribution in [0.25, 0.3) is 0 Å². The van der Waals surface area contributed by atoms with Crippen molar-refractivity contribution in [3.8, 4) is 0 Å². The highest BCUT2D eigenvalue weighted by atomic mass is 32.1. The van der Waals surface area contributed by atoms with E-state index in [1.807, 2.05) is 13.0 Å². The number of carboxylic acids is 1. The Morgan fingerprint density at radius 3 is 2.65 bits per heavy atom. The first-order chi connectivity index (χ1) is 8.08. The van der Waals surface area contributed by atoms with E-state index in [1.165, 1.54) is 24.2 Å². The minimum atomic E-state index is -0.819. The number of unbranched alkanes of at least 4 members (excludes halogenated alkanes) is 1. The Morgan fingerprint density at radius 1 is 1.47 bits per heavy atom. The van der Waals surface area contributed by atoms with E-state index in [-0.39, 0.29) is 0 Å². The predicted octanol–water partition coefficient (Wildman–Crippen LogP) is 3.38. The third kappa shape index (κ3) is 4.13. The Labute approximate surface area is 107 Å². The molecule has 0 spiro atoms. The highest BCUT2D eigenvalue weighted by molar-refractivity contribution is 7.14. The van der Waals surface area contributed by atoms with Crippen molar-refractivity contribution in [2.45, 2.75) is 40.2 Å². The van der Waals surface area contributed by atoms with Crippen molar-refractivity contribution in [1.29, 1.82) is 0 Å². The summed E-state index contributed by atoms with van der Waals surface area (Å²) in [6.07, 6.45) is 2.39.